The molecule has 0 amide bonds. The van der Waals surface area contributed by atoms with Gasteiger partial charge in [0.15, 0.2) is 6.20 Å². The van der Waals surface area contributed by atoms with Crippen molar-refractivity contribution >= 4 is 20.0 Å². The van der Waals surface area contributed by atoms with E-state index in [1.54, 1.807) is 0 Å². The molecule has 0 unspecified atom stereocenters. The normalized spacial score (nSPS) is 11.9. The molecule has 0 atom stereocenters. The first kappa shape index (κ1) is 25.9. The Kier molecular flexibility index (Phi) is 10.1. The molecule has 0 saturated carbocycles. The predicted octanol–water partition coefficient (Wildman–Crippen LogP) is 5.52. The second-order valence-electron chi connectivity index (χ2n) is 10.4. The third-order valence-electron chi connectivity index (χ3n) is 6.12. The fourth-order valence-corrected chi connectivity index (χ4v) is 5.31. The first-order valence-corrected chi connectivity index (χ1v) is 16.5. The molecule has 0 N–H and O–H groups in total. The minimum atomic E-state index is -0.922. The van der Waals surface area contributed by atoms with E-state index in [0.717, 1.165) is 31.0 Å². The molecule has 3 aromatic rings. The lowest BCUT2D eigenvalue weighted by atomic mass is 10.2. The zero-order chi connectivity index (χ0) is 24.2. The molecule has 0 aliphatic heterocycles. The molecule has 1 aromatic carbocycles. The molecule has 0 aliphatic carbocycles. The molecule has 6 heteroatoms. The van der Waals surface area contributed by atoms with E-state index in [1.807, 2.05) is 36.5 Å². The van der Waals surface area contributed by atoms with Crippen molar-refractivity contribution in [1.82, 2.24) is 4.57 Å². The van der Waals surface area contributed by atoms with E-state index in [1.165, 1.54) is 38.1 Å². The van der Waals surface area contributed by atoms with Crippen LogP contribution in [0.15, 0.2) is 78.6 Å². The lowest BCUT2D eigenvalue weighted by molar-refractivity contribution is -0.698. The van der Waals surface area contributed by atoms with E-state index >= 15 is 0 Å². The maximum absolute atomic E-state index is 4.63. The van der Waals surface area contributed by atoms with Gasteiger partial charge < -0.3 is 0 Å². The van der Waals surface area contributed by atoms with Crippen LogP contribution in [-0.2, 0) is 19.6 Å². The molecule has 0 saturated heterocycles. The molecular weight excluding hydrogens is 434 g/mol. The van der Waals surface area contributed by atoms with Crippen LogP contribution in [0, 0.1) is 0 Å². The van der Waals surface area contributed by atoms with Gasteiger partial charge in [-0.3, -0.25) is 5.01 Å². The van der Waals surface area contributed by atoms with Gasteiger partial charge in [-0.1, -0.05) is 43.9 Å². The van der Waals surface area contributed by atoms with E-state index < -0.39 is 8.07 Å². The molecule has 0 fully saturated rings. The molecule has 3 rings (SSSR count). The molecule has 5 nitrogen and oxygen atoms in total. The van der Waals surface area contributed by atoms with Crippen LogP contribution in [0.3, 0.4) is 0 Å². The summed E-state index contributed by atoms with van der Waals surface area (Å²) in [6, 6.07) is 17.9. The van der Waals surface area contributed by atoms with E-state index in [0.29, 0.717) is 0 Å². The highest BCUT2D eigenvalue weighted by atomic mass is 28.3. The number of hydrazone groups is 1. The largest absolute Gasteiger partial charge is 0.268 e. The number of anilines is 1. The van der Waals surface area contributed by atoms with Crippen LogP contribution >= 0.6 is 0 Å². The lowest BCUT2D eigenvalue weighted by Crippen LogP contribution is -2.38. The minimum absolute atomic E-state index is 0.922. The Morgan fingerprint density at radius 1 is 0.882 bits per heavy atom. The molecular formula is C28H43N5Si+2. The van der Waals surface area contributed by atoms with Gasteiger partial charge in [-0.2, -0.15) is 9.67 Å². The predicted molar refractivity (Wildman–Crippen MR) is 145 cm³/mol. The number of hydrogen-bond donors (Lipinski definition) is 0. The summed E-state index contributed by atoms with van der Waals surface area (Å²) >= 11 is 0. The van der Waals surface area contributed by atoms with Crippen LogP contribution in [0.2, 0.25) is 25.7 Å². The van der Waals surface area contributed by atoms with Crippen LogP contribution < -0.4 is 14.1 Å². The third-order valence-corrected chi connectivity index (χ3v) is 7.98. The van der Waals surface area contributed by atoms with Crippen LogP contribution in [0.4, 0.5) is 5.69 Å². The van der Waals surface area contributed by atoms with E-state index in [9.17, 15) is 0 Å². The maximum Gasteiger partial charge on any atom is 0.243 e. The zero-order valence-electron chi connectivity index (χ0n) is 21.6. The molecule has 0 aliphatic rings. The standard InChI is InChI=1S/C28H43N5Si/c1-30(27-15-8-7-9-16-27)29-25-28-17-10-13-21-33(28)20-12-6-5-11-18-31-22-23-32(26-31)19-14-24-34(2,3)4/h7-10,13,15-17,21-23,25-26H,5-6,11-12,14,18-20,24H2,1-4H3/q+2. The number of hydrogen-bond acceptors (Lipinski definition) is 2. The SMILES string of the molecule is CN(/N=C/c1cccc[n+]1CCCCCCn1cc[n+](CCC[Si](C)(C)C)c1)c1ccccc1. The number of imidazole rings is 1. The molecule has 0 spiro atoms. The second kappa shape index (κ2) is 13.2. The van der Waals surface area contributed by atoms with Gasteiger partial charge in [0, 0.05) is 33.7 Å². The lowest BCUT2D eigenvalue weighted by Gasteiger charge is -2.13. The van der Waals surface area contributed by atoms with Crippen LogP contribution in [0.5, 0.6) is 0 Å². The smallest absolute Gasteiger partial charge is 0.243 e. The van der Waals surface area contributed by atoms with E-state index in [-0.39, 0.29) is 0 Å². The topological polar surface area (TPSA) is 28.3 Å². The Morgan fingerprint density at radius 2 is 1.65 bits per heavy atom. The van der Waals surface area contributed by atoms with Gasteiger partial charge in [0.05, 0.1) is 18.8 Å². The summed E-state index contributed by atoms with van der Waals surface area (Å²) in [5.74, 6) is 0. The number of aromatic nitrogens is 3. The zero-order valence-corrected chi connectivity index (χ0v) is 22.6. The van der Waals surface area contributed by atoms with Gasteiger partial charge in [0.25, 0.3) is 0 Å². The average molecular weight is 478 g/mol. The van der Waals surface area contributed by atoms with Crippen LogP contribution in [0.25, 0.3) is 0 Å². The number of para-hydroxylation sites is 1. The molecule has 34 heavy (non-hydrogen) atoms. The Morgan fingerprint density at radius 3 is 2.44 bits per heavy atom. The quantitative estimate of drug-likeness (QED) is 0.0987. The summed E-state index contributed by atoms with van der Waals surface area (Å²) in [4.78, 5) is 0. The summed E-state index contributed by atoms with van der Waals surface area (Å²) in [7, 11) is 1.06. The van der Waals surface area contributed by atoms with Gasteiger partial charge in [0.2, 0.25) is 12.0 Å². The van der Waals surface area contributed by atoms with Gasteiger partial charge in [-0.05, 0) is 43.9 Å². The first-order chi connectivity index (χ1) is 16.4. The number of rotatable bonds is 14. The monoisotopic (exact) mass is 477 g/mol. The summed E-state index contributed by atoms with van der Waals surface area (Å²) in [6.45, 7) is 10.7. The number of aryl methyl sites for hydroxylation is 3. The van der Waals surface area contributed by atoms with Crippen molar-refractivity contribution in [1.29, 1.82) is 0 Å². The first-order valence-electron chi connectivity index (χ1n) is 12.8. The Bertz CT molecular complexity index is 1010. The van der Waals surface area contributed by atoms with E-state index in [4.69, 9.17) is 0 Å². The molecule has 0 radical (unpaired) electrons. The number of benzene rings is 1. The fraction of sp³-hybridized carbons (Fsp3) is 0.464. The second-order valence-corrected chi connectivity index (χ2v) is 16.0. The Balaban J connectivity index is 1.36. The number of unbranched alkanes of at least 4 members (excludes halogenated alkanes) is 3. The van der Waals surface area contributed by atoms with Crippen molar-refractivity contribution in [3.63, 3.8) is 0 Å². The molecule has 182 valence electrons. The summed E-state index contributed by atoms with van der Waals surface area (Å²) in [5.41, 5.74) is 2.22. The number of pyridine rings is 1. The fourth-order valence-electron chi connectivity index (χ4n) is 4.09. The highest BCUT2D eigenvalue weighted by molar-refractivity contribution is 6.76. The molecule has 2 aromatic heterocycles. The Labute approximate surface area is 207 Å². The van der Waals surface area contributed by atoms with Crippen LogP contribution in [-0.4, -0.2) is 25.9 Å². The van der Waals surface area contributed by atoms with E-state index in [2.05, 4.69) is 93.7 Å². The Hall–Kier alpha value is -2.73. The molecule has 0 bridgehead atoms. The van der Waals surface area contributed by atoms with Gasteiger partial charge >= 0.3 is 0 Å². The molecule has 2 heterocycles. The van der Waals surface area contributed by atoms with Gasteiger partial charge in [0.1, 0.15) is 25.2 Å². The maximum atomic E-state index is 4.63. The van der Waals surface area contributed by atoms with Crippen LogP contribution in [0.1, 0.15) is 37.8 Å². The van der Waals surface area contributed by atoms with Gasteiger partial charge in [-0.25, -0.2) is 9.13 Å². The van der Waals surface area contributed by atoms with Gasteiger partial charge in [-0.15, -0.1) is 0 Å². The van der Waals surface area contributed by atoms with Crippen molar-refractivity contribution < 1.29 is 9.13 Å². The summed E-state index contributed by atoms with van der Waals surface area (Å²) in [6.07, 6.45) is 17.1. The van der Waals surface area contributed by atoms with Crippen molar-refractivity contribution in [2.45, 2.75) is 77.4 Å². The van der Waals surface area contributed by atoms with Crippen molar-refractivity contribution in [2.24, 2.45) is 5.10 Å². The third kappa shape index (κ3) is 9.25. The van der Waals surface area contributed by atoms with Crippen molar-refractivity contribution in [3.8, 4) is 0 Å². The number of nitrogens with zero attached hydrogens (tertiary/aromatic N) is 5. The van der Waals surface area contributed by atoms with Crippen molar-refractivity contribution in [3.05, 3.63) is 79.1 Å². The highest BCUT2D eigenvalue weighted by Gasteiger charge is 2.13. The average Bonchev–Trinajstić information content (AvgIpc) is 3.27. The van der Waals surface area contributed by atoms with Crippen molar-refractivity contribution in [2.75, 3.05) is 12.1 Å². The summed E-state index contributed by atoms with van der Waals surface area (Å²) in [5, 5.41) is 6.54. The highest BCUT2D eigenvalue weighted by Crippen LogP contribution is 2.11. The minimum Gasteiger partial charge on any atom is -0.268 e. The summed E-state index contributed by atoms with van der Waals surface area (Å²) < 4.78 is 7.00.